The molecule has 144 valence electrons. The van der Waals surface area contributed by atoms with E-state index in [1.54, 1.807) is 23.6 Å². The average Bonchev–Trinajstić information content (AvgIpc) is 3.36. The molecule has 0 bridgehead atoms. The van der Waals surface area contributed by atoms with Crippen LogP contribution in [0.25, 0.3) is 0 Å². The molecule has 2 heterocycles. The Labute approximate surface area is 162 Å². The maximum Gasteiger partial charge on any atom is 0.308 e. The molecule has 3 rings (SSSR count). The Morgan fingerprint density at radius 1 is 1.27 bits per heavy atom. The smallest absolute Gasteiger partial charge is 0.308 e. The molecule has 26 heavy (non-hydrogen) atoms. The number of rotatable bonds is 8. The lowest BCUT2D eigenvalue weighted by molar-refractivity contribution is -0.147. The molecule has 7 nitrogen and oxygen atoms in total. The van der Waals surface area contributed by atoms with Crippen LogP contribution in [0.4, 0.5) is 5.13 Å². The van der Waals surface area contributed by atoms with Gasteiger partial charge in [-0.25, -0.2) is 0 Å². The van der Waals surface area contributed by atoms with E-state index in [1.165, 1.54) is 18.4 Å². The van der Waals surface area contributed by atoms with Crippen molar-refractivity contribution in [3.63, 3.8) is 0 Å². The van der Waals surface area contributed by atoms with Crippen LogP contribution in [-0.4, -0.2) is 65.5 Å². The third-order valence-corrected chi connectivity index (χ3v) is 6.96. The van der Waals surface area contributed by atoms with Crippen LogP contribution < -0.4 is 4.90 Å². The Balaban J connectivity index is 1.36. The van der Waals surface area contributed by atoms with Crippen molar-refractivity contribution in [2.75, 3.05) is 37.4 Å². The predicted molar refractivity (Wildman–Crippen MR) is 103 cm³/mol. The molecule has 1 aliphatic carbocycles. The topological polar surface area (TPSA) is 75.6 Å². The number of carbonyl (C=O) groups is 2. The molecule has 0 radical (unpaired) electrons. The highest BCUT2D eigenvalue weighted by Gasteiger charge is 2.34. The second-order valence-corrected chi connectivity index (χ2v) is 9.11. The molecule has 2 fully saturated rings. The van der Waals surface area contributed by atoms with Crippen LogP contribution >= 0.6 is 23.1 Å². The van der Waals surface area contributed by atoms with Crippen molar-refractivity contribution in [2.45, 2.75) is 49.4 Å². The summed E-state index contributed by atoms with van der Waals surface area (Å²) in [5.41, 5.74) is 0. The lowest BCUT2D eigenvalue weighted by atomic mass is 9.97. The number of piperidine rings is 1. The number of anilines is 1. The first-order valence-electron chi connectivity index (χ1n) is 9.14. The van der Waals surface area contributed by atoms with Crippen molar-refractivity contribution in [3.05, 3.63) is 0 Å². The largest absolute Gasteiger partial charge is 0.469 e. The van der Waals surface area contributed by atoms with Gasteiger partial charge < -0.3 is 9.64 Å². The number of nitrogens with zero attached hydrogens (tertiary/aromatic N) is 4. The molecule has 1 saturated carbocycles. The van der Waals surface area contributed by atoms with Gasteiger partial charge in [0.15, 0.2) is 4.34 Å². The summed E-state index contributed by atoms with van der Waals surface area (Å²) in [4.78, 5) is 27.5. The van der Waals surface area contributed by atoms with Crippen LogP contribution in [0, 0.1) is 5.92 Å². The third-order valence-electron chi connectivity index (χ3n) is 4.82. The Morgan fingerprint density at radius 3 is 2.62 bits per heavy atom. The van der Waals surface area contributed by atoms with E-state index in [2.05, 4.69) is 15.1 Å². The van der Waals surface area contributed by atoms with Crippen molar-refractivity contribution in [2.24, 2.45) is 5.92 Å². The number of thioether (sulfide) groups is 1. The summed E-state index contributed by atoms with van der Waals surface area (Å²) >= 11 is 3.22. The number of esters is 1. The number of amides is 1. The number of carbonyl (C=O) groups excluding carboxylic acids is 2. The number of aromatic nitrogens is 2. The molecule has 0 spiro atoms. The van der Waals surface area contributed by atoms with Gasteiger partial charge in [-0.2, -0.15) is 0 Å². The van der Waals surface area contributed by atoms with Crippen molar-refractivity contribution < 1.29 is 14.3 Å². The van der Waals surface area contributed by atoms with Crippen molar-refractivity contribution >= 4 is 40.1 Å². The fourth-order valence-corrected chi connectivity index (χ4v) is 5.20. The predicted octanol–water partition coefficient (Wildman–Crippen LogP) is 2.42. The molecule has 0 aromatic carbocycles. The van der Waals surface area contributed by atoms with Crippen LogP contribution in [-0.2, 0) is 14.3 Å². The number of hydrogen-bond donors (Lipinski definition) is 0. The molecule has 9 heteroatoms. The Morgan fingerprint density at radius 2 is 2.00 bits per heavy atom. The fourth-order valence-electron chi connectivity index (χ4n) is 3.25. The quantitative estimate of drug-likeness (QED) is 0.288. The van der Waals surface area contributed by atoms with Gasteiger partial charge in [0.05, 0.1) is 13.0 Å². The molecule has 0 atom stereocenters. The highest BCUT2D eigenvalue weighted by atomic mass is 32.2. The van der Waals surface area contributed by atoms with Gasteiger partial charge in [0.2, 0.25) is 11.0 Å². The molecule has 1 aliphatic heterocycles. The number of hydrogen-bond acceptors (Lipinski definition) is 8. The molecule has 1 saturated heterocycles. The van der Waals surface area contributed by atoms with Gasteiger partial charge in [-0.1, -0.05) is 23.1 Å². The summed E-state index contributed by atoms with van der Waals surface area (Å²) < 4.78 is 5.75. The second kappa shape index (κ2) is 9.14. The van der Waals surface area contributed by atoms with Gasteiger partial charge in [-0.3, -0.25) is 14.5 Å². The van der Waals surface area contributed by atoms with E-state index in [0.29, 0.717) is 6.04 Å². The van der Waals surface area contributed by atoms with Crippen molar-refractivity contribution in [1.82, 2.24) is 15.1 Å². The van der Waals surface area contributed by atoms with Gasteiger partial charge >= 0.3 is 5.97 Å². The number of methoxy groups -OCH3 is 1. The SMILES string of the molecule is COC(=O)C1CCN(CCCSc2nnc(N(C(C)=O)C3CC3)s2)CC1. The molecular formula is C17H26N4O3S2. The lowest BCUT2D eigenvalue weighted by Crippen LogP contribution is -2.37. The summed E-state index contributed by atoms with van der Waals surface area (Å²) in [6.45, 7) is 4.55. The average molecular weight is 399 g/mol. The van der Waals surface area contributed by atoms with Gasteiger partial charge in [-0.05, 0) is 51.7 Å². The zero-order valence-corrected chi connectivity index (χ0v) is 17.0. The zero-order chi connectivity index (χ0) is 18.5. The number of likely N-dealkylation sites (tertiary alicyclic amines) is 1. The first kappa shape index (κ1) is 19.6. The minimum absolute atomic E-state index is 0.0514. The first-order chi connectivity index (χ1) is 12.6. The maximum atomic E-state index is 11.8. The Kier molecular flexibility index (Phi) is 6.88. The van der Waals surface area contributed by atoms with E-state index < -0.39 is 0 Å². The van der Waals surface area contributed by atoms with E-state index >= 15 is 0 Å². The molecule has 2 aliphatic rings. The van der Waals surface area contributed by atoms with E-state index in [0.717, 1.165) is 67.0 Å². The molecular weight excluding hydrogens is 372 g/mol. The fraction of sp³-hybridized carbons (Fsp3) is 0.765. The molecule has 1 aromatic heterocycles. The summed E-state index contributed by atoms with van der Waals surface area (Å²) in [6.07, 6.45) is 4.98. The van der Waals surface area contributed by atoms with Crippen molar-refractivity contribution in [3.8, 4) is 0 Å². The first-order valence-corrected chi connectivity index (χ1v) is 10.9. The van der Waals surface area contributed by atoms with Gasteiger partial charge in [0, 0.05) is 18.7 Å². The second-order valence-electron chi connectivity index (χ2n) is 6.81. The maximum absolute atomic E-state index is 11.8. The molecule has 0 N–H and O–H groups in total. The van der Waals surface area contributed by atoms with Crippen LogP contribution in [0.2, 0.25) is 0 Å². The standard InChI is InChI=1S/C17H26N4O3S2/c1-12(22)21(14-4-5-14)16-18-19-17(26-16)25-11-3-8-20-9-6-13(7-10-20)15(23)24-2/h13-14H,3-11H2,1-2H3. The van der Waals surface area contributed by atoms with Gasteiger partial charge in [-0.15, -0.1) is 10.2 Å². The minimum atomic E-state index is -0.0712. The Hall–Kier alpha value is -1.19. The number of ether oxygens (including phenoxy) is 1. The normalized spacial score (nSPS) is 18.7. The van der Waals surface area contributed by atoms with E-state index in [1.807, 2.05) is 0 Å². The molecule has 1 aromatic rings. The third kappa shape index (κ3) is 5.17. The van der Waals surface area contributed by atoms with E-state index in [9.17, 15) is 9.59 Å². The van der Waals surface area contributed by atoms with Crippen LogP contribution in [0.5, 0.6) is 0 Å². The van der Waals surface area contributed by atoms with Gasteiger partial charge in [0.25, 0.3) is 0 Å². The Bertz CT molecular complexity index is 627. The monoisotopic (exact) mass is 398 g/mol. The van der Waals surface area contributed by atoms with Crippen molar-refractivity contribution in [1.29, 1.82) is 0 Å². The van der Waals surface area contributed by atoms with Crippen LogP contribution in [0.3, 0.4) is 0 Å². The summed E-state index contributed by atoms with van der Waals surface area (Å²) in [6, 6.07) is 0.325. The van der Waals surface area contributed by atoms with Gasteiger partial charge in [0.1, 0.15) is 0 Å². The van der Waals surface area contributed by atoms with E-state index in [-0.39, 0.29) is 17.8 Å². The lowest BCUT2D eigenvalue weighted by Gasteiger charge is -2.30. The highest BCUT2D eigenvalue weighted by molar-refractivity contribution is 8.01. The molecule has 0 unspecified atom stereocenters. The minimum Gasteiger partial charge on any atom is -0.469 e. The summed E-state index contributed by atoms with van der Waals surface area (Å²) in [7, 11) is 1.46. The highest BCUT2D eigenvalue weighted by Crippen LogP contribution is 2.35. The summed E-state index contributed by atoms with van der Waals surface area (Å²) in [5.74, 6) is 1.03. The van der Waals surface area contributed by atoms with Crippen LogP contribution in [0.15, 0.2) is 4.34 Å². The van der Waals surface area contributed by atoms with E-state index in [4.69, 9.17) is 4.74 Å². The molecule has 1 amide bonds. The summed E-state index contributed by atoms with van der Waals surface area (Å²) in [5, 5.41) is 9.15. The van der Waals surface area contributed by atoms with Crippen LogP contribution in [0.1, 0.15) is 39.0 Å². The zero-order valence-electron chi connectivity index (χ0n) is 15.3.